The maximum atomic E-state index is 12.9. The first-order valence-electron chi connectivity index (χ1n) is 8.38. The predicted molar refractivity (Wildman–Crippen MR) is 91.7 cm³/mol. The van der Waals surface area contributed by atoms with Crippen LogP contribution >= 0.6 is 11.6 Å². The van der Waals surface area contributed by atoms with Crippen molar-refractivity contribution in [3.05, 3.63) is 34.9 Å². The zero-order valence-electron chi connectivity index (χ0n) is 14.4. The van der Waals surface area contributed by atoms with Crippen LogP contribution in [0.1, 0.15) is 31.9 Å². The second kappa shape index (κ2) is 6.42. The number of hydrogen-bond donors (Lipinski definition) is 1. The lowest BCUT2D eigenvalue weighted by Gasteiger charge is -2.31. The third kappa shape index (κ3) is 2.47. The van der Waals surface area contributed by atoms with E-state index >= 15 is 0 Å². The lowest BCUT2D eigenvalue weighted by atomic mass is 9.78. The first-order valence-corrected chi connectivity index (χ1v) is 8.75. The SMILES string of the molecule is CCN1C(=O)[C@@H]2[C@H](c3ccc(Cl)cc3)N[C@@](CC)(C(=O)OC)[C@H]2C1=O. The predicted octanol–water partition coefficient (Wildman–Crippen LogP) is 1.93. The topological polar surface area (TPSA) is 75.7 Å². The van der Waals surface area contributed by atoms with E-state index in [4.69, 9.17) is 16.3 Å². The van der Waals surface area contributed by atoms with Crippen molar-refractivity contribution in [2.75, 3.05) is 13.7 Å². The van der Waals surface area contributed by atoms with Crippen LogP contribution in [0.3, 0.4) is 0 Å². The summed E-state index contributed by atoms with van der Waals surface area (Å²) in [5.41, 5.74) is -0.391. The van der Waals surface area contributed by atoms with E-state index in [1.165, 1.54) is 12.0 Å². The van der Waals surface area contributed by atoms with Crippen molar-refractivity contribution < 1.29 is 19.1 Å². The minimum Gasteiger partial charge on any atom is -0.468 e. The molecule has 2 aliphatic rings. The number of ether oxygens (including phenoxy) is 1. The van der Waals surface area contributed by atoms with Crippen LogP contribution in [0, 0.1) is 11.8 Å². The molecule has 0 aromatic heterocycles. The highest BCUT2D eigenvalue weighted by molar-refractivity contribution is 6.30. The number of benzene rings is 1. The number of likely N-dealkylation sites (tertiary alicyclic amines) is 1. The van der Waals surface area contributed by atoms with Crippen molar-refractivity contribution in [2.45, 2.75) is 31.8 Å². The fourth-order valence-corrected chi connectivity index (χ4v) is 4.29. The van der Waals surface area contributed by atoms with E-state index < -0.39 is 29.4 Å². The molecule has 25 heavy (non-hydrogen) atoms. The second-order valence-corrected chi connectivity index (χ2v) is 6.85. The molecule has 1 N–H and O–H groups in total. The van der Waals surface area contributed by atoms with Gasteiger partial charge in [-0.2, -0.15) is 0 Å². The molecule has 1 aromatic rings. The number of methoxy groups -OCH3 is 1. The summed E-state index contributed by atoms with van der Waals surface area (Å²) in [6.45, 7) is 3.86. The zero-order valence-corrected chi connectivity index (χ0v) is 15.2. The fourth-order valence-electron chi connectivity index (χ4n) is 4.17. The van der Waals surface area contributed by atoms with Gasteiger partial charge in [-0.15, -0.1) is 0 Å². The first kappa shape index (κ1) is 17.9. The van der Waals surface area contributed by atoms with E-state index in [1.807, 2.05) is 19.1 Å². The maximum absolute atomic E-state index is 12.9. The summed E-state index contributed by atoms with van der Waals surface area (Å²) in [5, 5.41) is 3.84. The van der Waals surface area contributed by atoms with Gasteiger partial charge in [0.2, 0.25) is 11.8 Å². The number of halogens is 1. The highest BCUT2D eigenvalue weighted by Gasteiger charge is 2.67. The molecule has 2 heterocycles. The van der Waals surface area contributed by atoms with Crippen molar-refractivity contribution in [2.24, 2.45) is 11.8 Å². The van der Waals surface area contributed by atoms with Crippen LogP contribution in [-0.4, -0.2) is 41.9 Å². The van der Waals surface area contributed by atoms with Gasteiger partial charge in [-0.3, -0.25) is 24.6 Å². The second-order valence-electron chi connectivity index (χ2n) is 6.41. The van der Waals surface area contributed by atoms with Crippen LogP contribution in [0.15, 0.2) is 24.3 Å². The average Bonchev–Trinajstić information content (AvgIpc) is 3.10. The molecule has 0 aliphatic carbocycles. The highest BCUT2D eigenvalue weighted by atomic mass is 35.5. The molecule has 0 bridgehead atoms. The minimum absolute atomic E-state index is 0.246. The Morgan fingerprint density at radius 1 is 1.24 bits per heavy atom. The normalized spacial score (nSPS) is 31.4. The van der Waals surface area contributed by atoms with Crippen LogP contribution in [0.25, 0.3) is 0 Å². The third-order valence-corrected chi connectivity index (χ3v) is 5.65. The number of carbonyl (C=O) groups is 3. The van der Waals surface area contributed by atoms with Crippen molar-refractivity contribution in [1.29, 1.82) is 0 Å². The summed E-state index contributed by atoms with van der Waals surface area (Å²) in [5.74, 6) is -2.47. The molecule has 6 nitrogen and oxygen atoms in total. The lowest BCUT2D eigenvalue weighted by Crippen LogP contribution is -2.55. The molecule has 2 aliphatic heterocycles. The Labute approximate surface area is 151 Å². The molecule has 2 fully saturated rings. The van der Waals surface area contributed by atoms with Gasteiger partial charge in [-0.1, -0.05) is 30.7 Å². The zero-order chi connectivity index (χ0) is 18.4. The fraction of sp³-hybridized carbons (Fsp3) is 0.500. The number of nitrogens with zero attached hydrogens (tertiary/aromatic N) is 1. The number of fused-ring (bicyclic) bond motifs is 1. The van der Waals surface area contributed by atoms with Gasteiger partial charge in [-0.05, 0) is 31.0 Å². The summed E-state index contributed by atoms with van der Waals surface area (Å²) >= 11 is 5.96. The lowest BCUT2D eigenvalue weighted by molar-refractivity contribution is -0.154. The van der Waals surface area contributed by atoms with Gasteiger partial charge < -0.3 is 4.74 Å². The molecule has 1 aromatic carbocycles. The van der Waals surface area contributed by atoms with Gasteiger partial charge in [0, 0.05) is 17.6 Å². The molecule has 0 spiro atoms. The Kier molecular flexibility index (Phi) is 4.60. The molecule has 2 amide bonds. The summed E-state index contributed by atoms with van der Waals surface area (Å²) in [6.07, 6.45) is 0.349. The van der Waals surface area contributed by atoms with Crippen LogP contribution in [0.4, 0.5) is 0 Å². The molecule has 0 radical (unpaired) electrons. The third-order valence-electron chi connectivity index (χ3n) is 5.40. The van der Waals surface area contributed by atoms with Crippen LogP contribution in [0.2, 0.25) is 5.02 Å². The first-order chi connectivity index (χ1) is 11.9. The van der Waals surface area contributed by atoms with Crippen LogP contribution in [-0.2, 0) is 19.1 Å². The summed E-state index contributed by atoms with van der Waals surface area (Å²) in [6, 6.07) is 6.64. The Bertz CT molecular complexity index is 720. The van der Waals surface area contributed by atoms with E-state index in [9.17, 15) is 14.4 Å². The molecule has 4 atom stereocenters. The number of rotatable bonds is 4. The summed E-state index contributed by atoms with van der Waals surface area (Å²) < 4.78 is 4.99. The van der Waals surface area contributed by atoms with Gasteiger partial charge in [0.05, 0.1) is 18.9 Å². The van der Waals surface area contributed by atoms with Gasteiger partial charge in [0.15, 0.2) is 0 Å². The standard InChI is InChI=1S/C18H21ClN2O4/c1-4-18(17(24)25-3)13-12(15(22)21(5-2)16(13)23)14(20-18)10-6-8-11(19)9-7-10/h6-9,12-14,20H,4-5H2,1-3H3/t12-,13+,14-,18+/m0/s1. The van der Waals surface area contributed by atoms with E-state index in [0.29, 0.717) is 18.0 Å². The molecule has 7 heteroatoms. The monoisotopic (exact) mass is 364 g/mol. The van der Waals surface area contributed by atoms with E-state index in [2.05, 4.69) is 5.32 Å². The van der Waals surface area contributed by atoms with Crippen LogP contribution in [0.5, 0.6) is 0 Å². The van der Waals surface area contributed by atoms with Crippen molar-refractivity contribution in [1.82, 2.24) is 10.2 Å². The summed E-state index contributed by atoms with van der Waals surface area (Å²) in [4.78, 5) is 39.6. The number of amides is 2. The Morgan fingerprint density at radius 3 is 2.40 bits per heavy atom. The van der Waals surface area contributed by atoms with E-state index in [1.54, 1.807) is 19.1 Å². The number of carbonyl (C=O) groups excluding carboxylic acids is 3. The van der Waals surface area contributed by atoms with Crippen LogP contribution < -0.4 is 5.32 Å². The minimum atomic E-state index is -1.21. The smallest absolute Gasteiger partial charge is 0.326 e. The molecule has 134 valence electrons. The van der Waals surface area contributed by atoms with Crippen molar-refractivity contribution in [3.63, 3.8) is 0 Å². The maximum Gasteiger partial charge on any atom is 0.326 e. The quantitative estimate of drug-likeness (QED) is 0.652. The molecule has 2 saturated heterocycles. The highest BCUT2D eigenvalue weighted by Crippen LogP contribution is 2.50. The number of imide groups is 1. The van der Waals surface area contributed by atoms with Gasteiger partial charge in [0.25, 0.3) is 0 Å². The number of esters is 1. The van der Waals surface area contributed by atoms with Crippen molar-refractivity contribution in [3.8, 4) is 0 Å². The molecule has 0 unspecified atom stereocenters. The van der Waals surface area contributed by atoms with E-state index in [-0.39, 0.29) is 11.8 Å². The molecule has 3 rings (SSSR count). The summed E-state index contributed by atoms with van der Waals surface area (Å²) in [7, 11) is 1.30. The molecular weight excluding hydrogens is 344 g/mol. The Balaban J connectivity index is 2.13. The molecule has 0 saturated carbocycles. The Morgan fingerprint density at radius 2 is 1.88 bits per heavy atom. The van der Waals surface area contributed by atoms with Gasteiger partial charge in [0.1, 0.15) is 5.54 Å². The largest absolute Gasteiger partial charge is 0.468 e. The average molecular weight is 365 g/mol. The van der Waals surface area contributed by atoms with Crippen molar-refractivity contribution >= 4 is 29.4 Å². The number of hydrogen-bond acceptors (Lipinski definition) is 5. The number of nitrogens with one attached hydrogen (secondary N) is 1. The molecular formula is C18H21ClN2O4. The Hall–Kier alpha value is -1.92. The van der Waals surface area contributed by atoms with E-state index in [0.717, 1.165) is 5.56 Å². The van der Waals surface area contributed by atoms with Gasteiger partial charge >= 0.3 is 5.97 Å². The van der Waals surface area contributed by atoms with Gasteiger partial charge in [-0.25, -0.2) is 0 Å².